The van der Waals surface area contributed by atoms with Crippen LogP contribution in [0.25, 0.3) is 0 Å². The van der Waals surface area contributed by atoms with Gasteiger partial charge in [-0.3, -0.25) is 4.79 Å². The molecule has 0 aromatic heterocycles. The van der Waals surface area contributed by atoms with Gasteiger partial charge in [0.1, 0.15) is 17.2 Å². The summed E-state index contributed by atoms with van der Waals surface area (Å²) in [5.74, 6) is 2.04. The Hall–Kier alpha value is -3.27. The van der Waals surface area contributed by atoms with E-state index < -0.39 is 0 Å². The van der Waals surface area contributed by atoms with Crippen molar-refractivity contribution < 1.29 is 19.0 Å². The monoisotopic (exact) mass is 454 g/mol. The van der Waals surface area contributed by atoms with Gasteiger partial charge >= 0.3 is 5.97 Å². The lowest BCUT2D eigenvalue weighted by atomic mass is 10.0. The lowest BCUT2D eigenvalue weighted by Gasteiger charge is -2.05. The molecular weight excluding hydrogens is 412 g/mol. The van der Waals surface area contributed by atoms with Gasteiger partial charge in [0.05, 0.1) is 14.2 Å². The predicted octanol–water partition coefficient (Wildman–Crippen LogP) is 7.99. The van der Waals surface area contributed by atoms with Crippen molar-refractivity contribution in [1.82, 2.24) is 0 Å². The van der Waals surface area contributed by atoms with Gasteiger partial charge in [-0.2, -0.15) is 0 Å². The summed E-state index contributed by atoms with van der Waals surface area (Å²) in [6.07, 6.45) is 0.838. The first kappa shape index (κ1) is 31.9. The molecule has 0 saturated carbocycles. The van der Waals surface area contributed by atoms with Gasteiger partial charge in [-0.25, -0.2) is 0 Å². The number of methoxy groups -OCH3 is 2. The number of esters is 1. The molecule has 0 radical (unpaired) electrons. The van der Waals surface area contributed by atoms with E-state index in [0.29, 0.717) is 5.75 Å². The summed E-state index contributed by atoms with van der Waals surface area (Å²) in [7, 11) is 3.32. The molecule has 0 fully saturated rings. The first-order valence-electron chi connectivity index (χ1n) is 11.6. The maximum atomic E-state index is 10.8. The average Bonchev–Trinajstić information content (AvgIpc) is 2.90. The standard InChI is InChI=1S/C16H16O3.C7H8O.3C2H6/c1-12(17)19-16-9-5-14(6-10-16)11-13-3-7-15(18-2)8-4-13;1-8-7-5-3-2-4-6-7;3*1-2/h3-10H,11H2,1-2H3;2-6H,1H3;3*1-2H3. The molecule has 4 nitrogen and oxygen atoms in total. The molecule has 0 bridgehead atoms. The molecule has 0 amide bonds. The van der Waals surface area contributed by atoms with Crippen molar-refractivity contribution in [2.75, 3.05) is 14.2 Å². The van der Waals surface area contributed by atoms with E-state index in [1.54, 1.807) is 26.4 Å². The summed E-state index contributed by atoms with van der Waals surface area (Å²) in [5, 5.41) is 0. The number of hydrogen-bond acceptors (Lipinski definition) is 4. The van der Waals surface area contributed by atoms with Crippen molar-refractivity contribution in [2.24, 2.45) is 0 Å². The molecule has 0 aliphatic heterocycles. The van der Waals surface area contributed by atoms with Crippen LogP contribution in [0, 0.1) is 0 Å². The summed E-state index contributed by atoms with van der Waals surface area (Å²) < 4.78 is 15.0. The van der Waals surface area contributed by atoms with Crippen LogP contribution in [-0.4, -0.2) is 20.2 Å². The summed E-state index contributed by atoms with van der Waals surface area (Å²) >= 11 is 0. The van der Waals surface area contributed by atoms with Crippen molar-refractivity contribution in [3.8, 4) is 17.2 Å². The lowest BCUT2D eigenvalue weighted by Crippen LogP contribution is -2.01. The zero-order chi connectivity index (χ0) is 25.5. The molecular formula is C29H42O4. The summed E-state index contributed by atoms with van der Waals surface area (Å²) in [4.78, 5) is 10.8. The lowest BCUT2D eigenvalue weighted by molar-refractivity contribution is -0.131. The van der Waals surface area contributed by atoms with E-state index in [2.05, 4.69) is 0 Å². The second kappa shape index (κ2) is 21.9. The number of carbonyl (C=O) groups is 1. The fourth-order valence-electron chi connectivity index (χ4n) is 2.38. The first-order valence-corrected chi connectivity index (χ1v) is 11.6. The molecule has 33 heavy (non-hydrogen) atoms. The molecule has 0 heterocycles. The molecule has 0 spiro atoms. The first-order chi connectivity index (χ1) is 16.1. The quantitative estimate of drug-likeness (QED) is 0.289. The topological polar surface area (TPSA) is 44.8 Å². The number of para-hydroxylation sites is 1. The van der Waals surface area contributed by atoms with Crippen molar-refractivity contribution in [1.29, 1.82) is 0 Å². The fraction of sp³-hybridized carbons (Fsp3) is 0.345. The van der Waals surface area contributed by atoms with Gasteiger partial charge in [0.15, 0.2) is 0 Å². The van der Waals surface area contributed by atoms with Crippen LogP contribution in [0.15, 0.2) is 78.9 Å². The SMILES string of the molecule is CC.CC.CC.COc1ccc(Cc2ccc(OC(C)=O)cc2)cc1.COc1ccccc1. The summed E-state index contributed by atoms with van der Waals surface area (Å²) in [6.45, 7) is 13.4. The van der Waals surface area contributed by atoms with E-state index >= 15 is 0 Å². The summed E-state index contributed by atoms with van der Waals surface area (Å²) in [6, 6.07) is 25.2. The molecule has 182 valence electrons. The molecule has 3 rings (SSSR count). The van der Waals surface area contributed by atoms with E-state index in [1.165, 1.54) is 18.1 Å². The smallest absolute Gasteiger partial charge is 0.308 e. The van der Waals surface area contributed by atoms with E-state index in [-0.39, 0.29) is 5.97 Å². The molecule has 0 atom stereocenters. The van der Waals surface area contributed by atoms with Crippen molar-refractivity contribution in [3.63, 3.8) is 0 Å². The molecule has 0 aliphatic carbocycles. The van der Waals surface area contributed by atoms with Crippen molar-refractivity contribution >= 4 is 5.97 Å². The van der Waals surface area contributed by atoms with Gasteiger partial charge in [-0.15, -0.1) is 0 Å². The van der Waals surface area contributed by atoms with Gasteiger partial charge in [0.25, 0.3) is 0 Å². The zero-order valence-corrected chi connectivity index (χ0v) is 21.8. The highest BCUT2D eigenvalue weighted by Crippen LogP contribution is 2.17. The van der Waals surface area contributed by atoms with E-state index in [1.807, 2.05) is 108 Å². The Morgan fingerprint density at radius 1 is 0.576 bits per heavy atom. The fourth-order valence-corrected chi connectivity index (χ4v) is 2.38. The summed E-state index contributed by atoms with van der Waals surface area (Å²) in [5.41, 5.74) is 2.38. The van der Waals surface area contributed by atoms with E-state index in [9.17, 15) is 4.79 Å². The minimum atomic E-state index is -0.303. The molecule has 3 aromatic rings. The predicted molar refractivity (Wildman–Crippen MR) is 141 cm³/mol. The van der Waals surface area contributed by atoms with Crippen LogP contribution >= 0.6 is 0 Å². The number of ether oxygens (including phenoxy) is 3. The minimum absolute atomic E-state index is 0.303. The van der Waals surface area contributed by atoms with Crippen LogP contribution < -0.4 is 14.2 Å². The largest absolute Gasteiger partial charge is 0.497 e. The molecule has 0 aliphatic rings. The van der Waals surface area contributed by atoms with Crippen LogP contribution in [0.3, 0.4) is 0 Å². The third-order valence-electron chi connectivity index (χ3n) is 3.73. The Morgan fingerprint density at radius 2 is 0.939 bits per heavy atom. The second-order valence-electron chi connectivity index (χ2n) is 5.78. The molecule has 0 saturated heterocycles. The van der Waals surface area contributed by atoms with Crippen molar-refractivity contribution in [3.05, 3.63) is 90.0 Å². The Kier molecular flexibility index (Phi) is 21.2. The number of carbonyl (C=O) groups excluding carboxylic acids is 1. The van der Waals surface area contributed by atoms with Crippen LogP contribution in [0.4, 0.5) is 0 Å². The Labute approximate surface area is 201 Å². The van der Waals surface area contributed by atoms with E-state index in [0.717, 1.165) is 17.9 Å². The van der Waals surface area contributed by atoms with Gasteiger partial charge in [-0.05, 0) is 53.9 Å². The van der Waals surface area contributed by atoms with Crippen molar-refractivity contribution in [2.45, 2.75) is 54.9 Å². The number of benzene rings is 3. The van der Waals surface area contributed by atoms with Crippen LogP contribution in [-0.2, 0) is 11.2 Å². The highest BCUT2D eigenvalue weighted by atomic mass is 16.5. The van der Waals surface area contributed by atoms with E-state index in [4.69, 9.17) is 14.2 Å². The number of rotatable bonds is 5. The third-order valence-corrected chi connectivity index (χ3v) is 3.73. The molecule has 3 aromatic carbocycles. The van der Waals surface area contributed by atoms with Gasteiger partial charge < -0.3 is 14.2 Å². The van der Waals surface area contributed by atoms with Crippen LogP contribution in [0.2, 0.25) is 0 Å². The molecule has 4 heteroatoms. The van der Waals surface area contributed by atoms with Gasteiger partial charge in [-0.1, -0.05) is 84.0 Å². The third kappa shape index (κ3) is 15.2. The normalized spacial score (nSPS) is 8.39. The number of hydrogen-bond donors (Lipinski definition) is 0. The average molecular weight is 455 g/mol. The highest BCUT2D eigenvalue weighted by Gasteiger charge is 2.00. The molecule has 0 N–H and O–H groups in total. The minimum Gasteiger partial charge on any atom is -0.497 e. The van der Waals surface area contributed by atoms with Crippen LogP contribution in [0.1, 0.15) is 59.6 Å². The van der Waals surface area contributed by atoms with Gasteiger partial charge in [0.2, 0.25) is 0 Å². The Balaban J connectivity index is 0. The Morgan fingerprint density at radius 3 is 1.27 bits per heavy atom. The van der Waals surface area contributed by atoms with Gasteiger partial charge in [0, 0.05) is 6.92 Å². The Bertz CT molecular complexity index is 811. The van der Waals surface area contributed by atoms with Crippen LogP contribution in [0.5, 0.6) is 17.2 Å². The zero-order valence-electron chi connectivity index (χ0n) is 21.8. The highest BCUT2D eigenvalue weighted by molar-refractivity contribution is 5.69. The second-order valence-corrected chi connectivity index (χ2v) is 5.78. The maximum Gasteiger partial charge on any atom is 0.308 e. The molecule has 0 unspecified atom stereocenters. The maximum absolute atomic E-state index is 10.8.